The number of nitrogens with zero attached hydrogens (tertiary/aromatic N) is 2. The van der Waals surface area contributed by atoms with Gasteiger partial charge in [0.2, 0.25) is 6.79 Å². The van der Waals surface area contributed by atoms with Crippen LogP contribution in [0.1, 0.15) is 16.9 Å². The molecule has 2 N–H and O–H groups in total. The molecule has 7 heteroatoms. The average molecular weight is 342 g/mol. The summed E-state index contributed by atoms with van der Waals surface area (Å²) in [5, 5.41) is 6.14. The van der Waals surface area contributed by atoms with E-state index in [1.54, 1.807) is 12.3 Å². The van der Waals surface area contributed by atoms with Crippen molar-refractivity contribution in [2.24, 2.45) is 0 Å². The summed E-state index contributed by atoms with van der Waals surface area (Å²) in [4.78, 5) is 18.4. The summed E-state index contributed by atoms with van der Waals surface area (Å²) in [6.07, 6.45) is 2.51. The van der Waals surface area contributed by atoms with Gasteiger partial charge in [-0.05, 0) is 51.3 Å². The Morgan fingerprint density at radius 1 is 1.16 bits per heavy atom. The van der Waals surface area contributed by atoms with E-state index >= 15 is 0 Å². The molecule has 1 aromatic heterocycles. The quantitative estimate of drug-likeness (QED) is 0.752. The smallest absolute Gasteiger partial charge is 0.269 e. The van der Waals surface area contributed by atoms with Crippen LogP contribution in [0.3, 0.4) is 0 Å². The summed E-state index contributed by atoms with van der Waals surface area (Å²) in [5.41, 5.74) is 2.02. The fourth-order valence-electron chi connectivity index (χ4n) is 2.46. The number of ether oxygens (including phenoxy) is 2. The molecule has 0 radical (unpaired) electrons. The lowest BCUT2D eigenvalue weighted by Gasteiger charge is -2.11. The maximum absolute atomic E-state index is 12.2. The first-order chi connectivity index (χ1) is 12.1. The van der Waals surface area contributed by atoms with E-state index in [2.05, 4.69) is 20.5 Å². The van der Waals surface area contributed by atoms with Crippen molar-refractivity contribution in [3.63, 3.8) is 0 Å². The highest BCUT2D eigenvalue weighted by Crippen LogP contribution is 2.35. The summed E-state index contributed by atoms with van der Waals surface area (Å²) >= 11 is 0. The number of benzene rings is 1. The van der Waals surface area contributed by atoms with E-state index in [0.717, 1.165) is 30.1 Å². The molecule has 0 bridgehead atoms. The molecule has 0 saturated heterocycles. The minimum Gasteiger partial charge on any atom is -0.454 e. The Labute approximate surface area is 147 Å². The van der Waals surface area contributed by atoms with Crippen molar-refractivity contribution in [2.75, 3.05) is 39.3 Å². The largest absolute Gasteiger partial charge is 0.454 e. The van der Waals surface area contributed by atoms with Crippen LogP contribution in [-0.4, -0.2) is 49.8 Å². The molecule has 1 aliphatic heterocycles. The maximum atomic E-state index is 12.2. The predicted octanol–water partition coefficient (Wildman–Crippen LogP) is 2.24. The van der Waals surface area contributed by atoms with Gasteiger partial charge in [0.15, 0.2) is 11.5 Å². The number of aromatic nitrogens is 1. The van der Waals surface area contributed by atoms with Crippen LogP contribution < -0.4 is 20.1 Å². The van der Waals surface area contributed by atoms with Crippen LogP contribution in [0.15, 0.2) is 36.5 Å². The highest BCUT2D eigenvalue weighted by molar-refractivity contribution is 5.93. The number of carbonyl (C=O) groups is 1. The van der Waals surface area contributed by atoms with Gasteiger partial charge in [-0.25, -0.2) is 0 Å². The molecular weight excluding hydrogens is 320 g/mol. The first-order valence-corrected chi connectivity index (χ1v) is 8.17. The molecule has 0 atom stereocenters. The van der Waals surface area contributed by atoms with Crippen LogP contribution in [0.2, 0.25) is 0 Å². The third-order valence-electron chi connectivity index (χ3n) is 3.72. The zero-order valence-electron chi connectivity index (χ0n) is 14.4. The fraction of sp³-hybridized carbons (Fsp3) is 0.333. The van der Waals surface area contributed by atoms with E-state index in [0.29, 0.717) is 18.0 Å². The Morgan fingerprint density at radius 3 is 2.80 bits per heavy atom. The first-order valence-electron chi connectivity index (χ1n) is 8.17. The monoisotopic (exact) mass is 342 g/mol. The zero-order chi connectivity index (χ0) is 17.6. The van der Waals surface area contributed by atoms with E-state index in [9.17, 15) is 4.79 Å². The van der Waals surface area contributed by atoms with Crippen molar-refractivity contribution in [1.29, 1.82) is 0 Å². The van der Waals surface area contributed by atoms with Gasteiger partial charge >= 0.3 is 0 Å². The average Bonchev–Trinajstić information content (AvgIpc) is 3.06. The predicted molar refractivity (Wildman–Crippen MR) is 95.6 cm³/mol. The van der Waals surface area contributed by atoms with Gasteiger partial charge in [0.1, 0.15) is 5.69 Å². The van der Waals surface area contributed by atoms with Gasteiger partial charge in [-0.15, -0.1) is 0 Å². The third-order valence-corrected chi connectivity index (χ3v) is 3.72. The molecule has 132 valence electrons. The van der Waals surface area contributed by atoms with Crippen molar-refractivity contribution in [3.8, 4) is 11.5 Å². The van der Waals surface area contributed by atoms with Gasteiger partial charge in [-0.3, -0.25) is 9.78 Å². The van der Waals surface area contributed by atoms with Crippen LogP contribution in [0.25, 0.3) is 0 Å². The molecular formula is C18H22N4O3. The Kier molecular flexibility index (Phi) is 5.35. The number of carbonyl (C=O) groups excluding carboxylic acids is 1. The third kappa shape index (κ3) is 4.60. The fourth-order valence-corrected chi connectivity index (χ4v) is 2.46. The van der Waals surface area contributed by atoms with E-state index in [-0.39, 0.29) is 12.7 Å². The van der Waals surface area contributed by atoms with Crippen LogP contribution in [0, 0.1) is 0 Å². The minimum absolute atomic E-state index is 0.173. The van der Waals surface area contributed by atoms with E-state index in [4.69, 9.17) is 9.47 Å². The van der Waals surface area contributed by atoms with Crippen LogP contribution in [0.4, 0.5) is 11.4 Å². The van der Waals surface area contributed by atoms with E-state index in [1.165, 1.54) is 0 Å². The summed E-state index contributed by atoms with van der Waals surface area (Å²) < 4.78 is 10.7. The van der Waals surface area contributed by atoms with Gasteiger partial charge in [-0.2, -0.15) is 0 Å². The molecule has 2 aromatic rings. The standard InChI is InChI=1S/C18H22N4O3/c1-22(2)9-3-7-20-18(23)15-10-14(6-8-19-15)21-13-4-5-16-17(11-13)25-12-24-16/h4-6,8,10-11H,3,7,9,12H2,1-2H3,(H,19,21)(H,20,23). The summed E-state index contributed by atoms with van der Waals surface area (Å²) in [6, 6.07) is 9.15. The van der Waals surface area contributed by atoms with Gasteiger partial charge in [0.25, 0.3) is 5.91 Å². The molecule has 0 saturated carbocycles. The molecule has 1 amide bonds. The van der Waals surface area contributed by atoms with Gasteiger partial charge in [-0.1, -0.05) is 0 Å². The van der Waals surface area contributed by atoms with Crippen molar-refractivity contribution in [1.82, 2.24) is 15.2 Å². The number of rotatable bonds is 7. The summed E-state index contributed by atoms with van der Waals surface area (Å²) in [5.74, 6) is 1.27. The number of amides is 1. The Hall–Kier alpha value is -2.80. The lowest BCUT2D eigenvalue weighted by atomic mass is 10.2. The molecule has 25 heavy (non-hydrogen) atoms. The molecule has 0 spiro atoms. The number of anilines is 2. The first kappa shape index (κ1) is 17.0. The van der Waals surface area contributed by atoms with Crippen LogP contribution in [0.5, 0.6) is 11.5 Å². The van der Waals surface area contributed by atoms with Crippen molar-refractivity contribution in [2.45, 2.75) is 6.42 Å². The normalized spacial score (nSPS) is 12.3. The number of pyridine rings is 1. The van der Waals surface area contributed by atoms with E-state index < -0.39 is 0 Å². The number of fused-ring (bicyclic) bond motifs is 1. The van der Waals surface area contributed by atoms with Crippen molar-refractivity contribution in [3.05, 3.63) is 42.2 Å². The molecule has 1 aliphatic rings. The molecule has 7 nitrogen and oxygen atoms in total. The second-order valence-corrected chi connectivity index (χ2v) is 6.04. The number of hydrogen-bond donors (Lipinski definition) is 2. The van der Waals surface area contributed by atoms with Crippen molar-refractivity contribution < 1.29 is 14.3 Å². The van der Waals surface area contributed by atoms with Crippen LogP contribution in [-0.2, 0) is 0 Å². The topological polar surface area (TPSA) is 75.7 Å². The maximum Gasteiger partial charge on any atom is 0.269 e. The van der Waals surface area contributed by atoms with Crippen molar-refractivity contribution >= 4 is 17.3 Å². The lowest BCUT2D eigenvalue weighted by Crippen LogP contribution is -2.27. The second-order valence-electron chi connectivity index (χ2n) is 6.04. The van der Waals surface area contributed by atoms with Gasteiger partial charge < -0.3 is 25.0 Å². The molecule has 0 unspecified atom stereocenters. The molecule has 0 fully saturated rings. The zero-order valence-corrected chi connectivity index (χ0v) is 14.4. The Bertz CT molecular complexity index is 749. The number of hydrogen-bond acceptors (Lipinski definition) is 6. The minimum atomic E-state index is -0.173. The molecule has 1 aromatic carbocycles. The van der Waals surface area contributed by atoms with Gasteiger partial charge in [0, 0.05) is 30.2 Å². The Morgan fingerprint density at radius 2 is 1.96 bits per heavy atom. The summed E-state index contributed by atoms with van der Waals surface area (Å²) in [6.45, 7) is 1.80. The molecule has 3 rings (SSSR count). The van der Waals surface area contributed by atoms with Crippen LogP contribution >= 0.6 is 0 Å². The second kappa shape index (κ2) is 7.85. The number of nitrogens with one attached hydrogen (secondary N) is 2. The SMILES string of the molecule is CN(C)CCCNC(=O)c1cc(Nc2ccc3c(c2)OCO3)ccn1. The van der Waals surface area contributed by atoms with E-state index in [1.807, 2.05) is 38.4 Å². The van der Waals surface area contributed by atoms with Gasteiger partial charge in [0.05, 0.1) is 0 Å². The Balaban J connectivity index is 1.60. The highest BCUT2D eigenvalue weighted by atomic mass is 16.7. The molecule has 0 aliphatic carbocycles. The lowest BCUT2D eigenvalue weighted by molar-refractivity contribution is 0.0947. The molecule has 2 heterocycles. The summed E-state index contributed by atoms with van der Waals surface area (Å²) in [7, 11) is 4.02. The highest BCUT2D eigenvalue weighted by Gasteiger charge is 2.13.